The van der Waals surface area contributed by atoms with Gasteiger partial charge in [-0.2, -0.15) is 0 Å². The molecule has 3 heteroatoms. The predicted molar refractivity (Wildman–Crippen MR) is 84.9 cm³/mol. The summed E-state index contributed by atoms with van der Waals surface area (Å²) in [5, 5.41) is 2.51. The fourth-order valence-electron chi connectivity index (χ4n) is 2.34. The first kappa shape index (κ1) is 15.0. The average molecular weight is 272 g/mol. The lowest BCUT2D eigenvalue weighted by molar-refractivity contribution is 0.120. The Morgan fingerprint density at radius 3 is 2.65 bits per heavy atom. The minimum atomic E-state index is 0.0335. The number of nitrogens with zero attached hydrogens (tertiary/aromatic N) is 1. The lowest BCUT2D eigenvalue weighted by Crippen LogP contribution is -2.31. The minimum absolute atomic E-state index is 0.0335. The second-order valence-corrected chi connectivity index (χ2v) is 5.17. The van der Waals surface area contributed by atoms with E-state index < -0.39 is 0 Å². The molecule has 2 N–H and O–H groups in total. The maximum Gasteiger partial charge on any atom is 0.0593 e. The van der Waals surface area contributed by atoms with Crippen LogP contribution < -0.4 is 5.73 Å². The van der Waals surface area contributed by atoms with E-state index in [1.165, 1.54) is 16.3 Å². The molecule has 2 aromatic carbocycles. The molecule has 0 radical (unpaired) electrons. The van der Waals surface area contributed by atoms with Crippen molar-refractivity contribution >= 4 is 10.8 Å². The maximum atomic E-state index is 6.31. The van der Waals surface area contributed by atoms with Crippen molar-refractivity contribution in [3.05, 3.63) is 48.0 Å². The van der Waals surface area contributed by atoms with Crippen molar-refractivity contribution in [1.29, 1.82) is 0 Å². The van der Waals surface area contributed by atoms with Crippen LogP contribution in [0.3, 0.4) is 0 Å². The highest BCUT2D eigenvalue weighted by Crippen LogP contribution is 2.19. The summed E-state index contributed by atoms with van der Waals surface area (Å²) < 4.78 is 5.37. The first-order valence-corrected chi connectivity index (χ1v) is 7.21. The smallest absolute Gasteiger partial charge is 0.0593 e. The van der Waals surface area contributed by atoms with Gasteiger partial charge in [-0.3, -0.25) is 0 Å². The molecule has 0 aliphatic rings. The summed E-state index contributed by atoms with van der Waals surface area (Å²) >= 11 is 0. The zero-order valence-electron chi connectivity index (χ0n) is 12.4. The standard InChI is InChI=1S/C17H24N2O/c1-3-20-11-10-19(2)13-17(18)16-9-8-14-6-4-5-7-15(14)12-16/h4-9,12,17H,3,10-11,13,18H2,1-2H3. The van der Waals surface area contributed by atoms with Crippen LogP contribution >= 0.6 is 0 Å². The van der Waals surface area contributed by atoms with Gasteiger partial charge < -0.3 is 15.4 Å². The van der Waals surface area contributed by atoms with Gasteiger partial charge in [0.1, 0.15) is 0 Å². The van der Waals surface area contributed by atoms with Gasteiger partial charge in [0.05, 0.1) is 6.61 Å². The van der Waals surface area contributed by atoms with Crippen LogP contribution in [0.2, 0.25) is 0 Å². The third-order valence-electron chi connectivity index (χ3n) is 3.53. The Morgan fingerprint density at radius 1 is 1.15 bits per heavy atom. The number of hydrogen-bond donors (Lipinski definition) is 1. The van der Waals surface area contributed by atoms with Gasteiger partial charge in [-0.25, -0.2) is 0 Å². The summed E-state index contributed by atoms with van der Waals surface area (Å²) in [7, 11) is 2.08. The molecule has 0 amide bonds. The number of rotatable bonds is 7. The van der Waals surface area contributed by atoms with Gasteiger partial charge in [-0.1, -0.05) is 36.4 Å². The molecule has 0 aliphatic carbocycles. The number of ether oxygens (including phenoxy) is 1. The van der Waals surface area contributed by atoms with Crippen LogP contribution in [0.5, 0.6) is 0 Å². The lowest BCUT2D eigenvalue weighted by atomic mass is 10.0. The number of benzene rings is 2. The number of likely N-dealkylation sites (N-methyl/N-ethyl adjacent to an activating group) is 1. The summed E-state index contributed by atoms with van der Waals surface area (Å²) in [4.78, 5) is 2.22. The highest BCUT2D eigenvalue weighted by molar-refractivity contribution is 5.83. The monoisotopic (exact) mass is 272 g/mol. The number of hydrogen-bond acceptors (Lipinski definition) is 3. The zero-order valence-corrected chi connectivity index (χ0v) is 12.4. The molecule has 0 heterocycles. The molecule has 1 unspecified atom stereocenters. The van der Waals surface area contributed by atoms with E-state index in [0.717, 1.165) is 26.3 Å². The number of fused-ring (bicyclic) bond motifs is 1. The highest BCUT2D eigenvalue weighted by atomic mass is 16.5. The number of nitrogens with two attached hydrogens (primary N) is 1. The molecule has 1 atom stereocenters. The van der Waals surface area contributed by atoms with Gasteiger partial charge in [-0.15, -0.1) is 0 Å². The van der Waals surface area contributed by atoms with Gasteiger partial charge in [0, 0.05) is 25.7 Å². The third kappa shape index (κ3) is 4.04. The molecule has 0 fully saturated rings. The molecular weight excluding hydrogens is 248 g/mol. The normalized spacial score (nSPS) is 13.0. The van der Waals surface area contributed by atoms with Crippen molar-refractivity contribution in [3.63, 3.8) is 0 Å². The fourth-order valence-corrected chi connectivity index (χ4v) is 2.34. The van der Waals surface area contributed by atoms with Crippen LogP contribution in [-0.4, -0.2) is 38.3 Å². The lowest BCUT2D eigenvalue weighted by Gasteiger charge is -2.21. The highest BCUT2D eigenvalue weighted by Gasteiger charge is 2.09. The second kappa shape index (κ2) is 7.39. The first-order chi connectivity index (χ1) is 9.70. The molecule has 0 saturated carbocycles. The molecule has 0 saturated heterocycles. The van der Waals surface area contributed by atoms with Crippen LogP contribution in [0.4, 0.5) is 0 Å². The second-order valence-electron chi connectivity index (χ2n) is 5.17. The van der Waals surface area contributed by atoms with Crippen molar-refractivity contribution in [2.45, 2.75) is 13.0 Å². The average Bonchev–Trinajstić information content (AvgIpc) is 2.47. The summed E-state index contributed by atoms with van der Waals surface area (Å²) in [6, 6.07) is 14.9. The van der Waals surface area contributed by atoms with Gasteiger partial charge >= 0.3 is 0 Å². The summed E-state index contributed by atoms with van der Waals surface area (Å²) in [6.07, 6.45) is 0. The van der Waals surface area contributed by atoms with Crippen molar-refractivity contribution < 1.29 is 4.74 Å². The maximum absolute atomic E-state index is 6.31. The van der Waals surface area contributed by atoms with Crippen LogP contribution in [-0.2, 0) is 4.74 Å². The van der Waals surface area contributed by atoms with Crippen LogP contribution in [0.25, 0.3) is 10.8 Å². The quantitative estimate of drug-likeness (QED) is 0.788. The molecule has 0 aliphatic heterocycles. The van der Waals surface area contributed by atoms with E-state index in [-0.39, 0.29) is 6.04 Å². The van der Waals surface area contributed by atoms with Crippen molar-refractivity contribution in [2.24, 2.45) is 5.73 Å². The third-order valence-corrected chi connectivity index (χ3v) is 3.53. The van der Waals surface area contributed by atoms with E-state index in [1.807, 2.05) is 6.92 Å². The van der Waals surface area contributed by atoms with Crippen LogP contribution in [0.1, 0.15) is 18.5 Å². The van der Waals surface area contributed by atoms with Crippen molar-refractivity contribution in [1.82, 2.24) is 4.90 Å². The van der Waals surface area contributed by atoms with E-state index in [9.17, 15) is 0 Å². The predicted octanol–water partition coefficient (Wildman–Crippen LogP) is 2.81. The summed E-state index contributed by atoms with van der Waals surface area (Å²) in [5.74, 6) is 0. The summed E-state index contributed by atoms with van der Waals surface area (Å²) in [5.41, 5.74) is 7.50. The summed E-state index contributed by atoms with van der Waals surface area (Å²) in [6.45, 7) is 5.29. The first-order valence-electron chi connectivity index (χ1n) is 7.21. The molecule has 2 aromatic rings. The van der Waals surface area contributed by atoms with Gasteiger partial charge in [0.15, 0.2) is 0 Å². The zero-order chi connectivity index (χ0) is 14.4. The molecule has 20 heavy (non-hydrogen) atoms. The molecular formula is C17H24N2O. The van der Waals surface area contributed by atoms with E-state index in [1.54, 1.807) is 0 Å². The van der Waals surface area contributed by atoms with E-state index in [4.69, 9.17) is 10.5 Å². The molecule has 108 valence electrons. The Hall–Kier alpha value is -1.42. The van der Waals surface area contributed by atoms with E-state index in [0.29, 0.717) is 0 Å². The topological polar surface area (TPSA) is 38.5 Å². The largest absolute Gasteiger partial charge is 0.380 e. The molecule has 0 aromatic heterocycles. The Labute approximate surface area is 121 Å². The van der Waals surface area contributed by atoms with Gasteiger partial charge in [0.2, 0.25) is 0 Å². The Kier molecular flexibility index (Phi) is 5.53. The van der Waals surface area contributed by atoms with E-state index in [2.05, 4.69) is 54.4 Å². The van der Waals surface area contributed by atoms with Crippen LogP contribution in [0.15, 0.2) is 42.5 Å². The molecule has 0 bridgehead atoms. The Balaban J connectivity index is 1.98. The molecule has 3 nitrogen and oxygen atoms in total. The van der Waals surface area contributed by atoms with E-state index >= 15 is 0 Å². The SMILES string of the molecule is CCOCCN(C)CC(N)c1ccc2ccccc2c1. The Bertz CT molecular complexity index is 541. The molecule has 0 spiro atoms. The Morgan fingerprint density at radius 2 is 1.90 bits per heavy atom. The van der Waals surface area contributed by atoms with Crippen LogP contribution in [0, 0.1) is 0 Å². The van der Waals surface area contributed by atoms with Crippen molar-refractivity contribution in [2.75, 3.05) is 33.4 Å². The molecule has 2 rings (SSSR count). The van der Waals surface area contributed by atoms with Crippen molar-refractivity contribution in [3.8, 4) is 0 Å². The fraction of sp³-hybridized carbons (Fsp3) is 0.412. The van der Waals surface area contributed by atoms with Gasteiger partial charge in [-0.05, 0) is 36.4 Å². The minimum Gasteiger partial charge on any atom is -0.380 e. The van der Waals surface area contributed by atoms with Gasteiger partial charge in [0.25, 0.3) is 0 Å².